The first-order valence-electron chi connectivity index (χ1n) is 3.57. The van der Waals surface area contributed by atoms with Gasteiger partial charge in [0, 0.05) is 12.8 Å². The number of rotatable bonds is 1. The fraction of sp³-hybridized carbons (Fsp3) is 0.571. The number of hydrogen-bond donors (Lipinski definition) is 0. The number of carbonyl (C=O) groups is 3. The quantitative estimate of drug-likeness (QED) is 0.437. The van der Waals surface area contributed by atoms with Crippen LogP contribution in [0, 0.1) is 5.92 Å². The first-order valence-corrected chi connectivity index (χ1v) is 4.04. The number of carbonyl (C=O) groups excluding carboxylic acids is 3. The van der Waals surface area contributed by atoms with Crippen molar-refractivity contribution in [1.29, 1.82) is 0 Å². The average Bonchev–Trinajstić information content (AvgIpc) is 2.01. The summed E-state index contributed by atoms with van der Waals surface area (Å²) in [5.41, 5.74) is 0. The largest absolute Gasteiger partial charge is 0.451 e. The fourth-order valence-electron chi connectivity index (χ4n) is 1.25. The van der Waals surface area contributed by atoms with Gasteiger partial charge in [-0.05, 0) is 0 Å². The van der Waals surface area contributed by atoms with Gasteiger partial charge in [-0.3, -0.25) is 14.4 Å². The molecule has 1 saturated carbocycles. The molecule has 0 radical (unpaired) electrons. The van der Waals surface area contributed by atoms with E-state index in [1.807, 2.05) is 9.47 Å². The second-order valence-electron chi connectivity index (χ2n) is 2.80. The molecule has 1 atom stereocenters. The molecule has 1 aliphatic rings. The summed E-state index contributed by atoms with van der Waals surface area (Å²) in [7, 11) is 1.82. The lowest BCUT2D eigenvalue weighted by Crippen LogP contribution is -2.28. The molecule has 0 N–H and O–H groups in total. The molecule has 0 heterocycles. The SMILES string of the molecule is O=C1CC(=O)CC(C(=O)OP)C1. The van der Waals surface area contributed by atoms with Crippen LogP contribution in [0.15, 0.2) is 0 Å². The molecule has 0 aromatic rings. The second-order valence-corrected chi connectivity index (χ2v) is 3.03. The van der Waals surface area contributed by atoms with Crippen molar-refractivity contribution < 1.29 is 18.9 Å². The Labute approximate surface area is 71.9 Å². The van der Waals surface area contributed by atoms with Gasteiger partial charge in [-0.2, -0.15) is 0 Å². The Morgan fingerprint density at radius 3 is 2.25 bits per heavy atom. The Bertz CT molecular complexity index is 220. The Hall–Kier alpha value is -0.760. The van der Waals surface area contributed by atoms with Crippen LogP contribution in [-0.2, 0) is 18.9 Å². The third-order valence-corrected chi connectivity index (χ3v) is 2.02. The number of hydrogen-bond acceptors (Lipinski definition) is 4. The van der Waals surface area contributed by atoms with Gasteiger partial charge in [0.1, 0.15) is 11.6 Å². The monoisotopic (exact) mass is 188 g/mol. The molecule has 1 rings (SSSR count). The third kappa shape index (κ3) is 2.11. The molecule has 0 bridgehead atoms. The number of ketones is 2. The van der Waals surface area contributed by atoms with Gasteiger partial charge in [-0.15, -0.1) is 0 Å². The molecule has 0 spiro atoms. The molecule has 0 aliphatic heterocycles. The van der Waals surface area contributed by atoms with E-state index in [1.165, 1.54) is 0 Å². The maximum Gasteiger partial charge on any atom is 0.311 e. The Morgan fingerprint density at radius 1 is 1.33 bits per heavy atom. The van der Waals surface area contributed by atoms with Crippen LogP contribution < -0.4 is 0 Å². The molecular formula is C7H9O4P. The molecule has 0 saturated heterocycles. The van der Waals surface area contributed by atoms with Crippen molar-refractivity contribution in [2.45, 2.75) is 19.3 Å². The highest BCUT2D eigenvalue weighted by Gasteiger charge is 2.30. The van der Waals surface area contributed by atoms with Crippen LogP contribution in [0.25, 0.3) is 0 Å². The zero-order valence-electron chi connectivity index (χ0n) is 6.41. The first-order chi connectivity index (χ1) is 5.63. The van der Waals surface area contributed by atoms with Gasteiger partial charge in [0.05, 0.1) is 21.8 Å². The molecule has 1 aliphatic carbocycles. The summed E-state index contributed by atoms with van der Waals surface area (Å²) in [5, 5.41) is 0. The normalized spacial score (nSPS) is 19.4. The molecule has 0 amide bonds. The molecule has 0 aromatic carbocycles. The Kier molecular flexibility index (Phi) is 2.93. The van der Waals surface area contributed by atoms with Gasteiger partial charge in [-0.1, -0.05) is 0 Å². The third-order valence-electron chi connectivity index (χ3n) is 1.79. The molecule has 0 aromatic heterocycles. The van der Waals surface area contributed by atoms with Crippen molar-refractivity contribution >= 4 is 27.0 Å². The fourth-order valence-corrected chi connectivity index (χ4v) is 1.44. The van der Waals surface area contributed by atoms with Gasteiger partial charge < -0.3 is 4.52 Å². The lowest BCUT2D eigenvalue weighted by molar-refractivity contribution is -0.145. The second kappa shape index (κ2) is 3.76. The zero-order chi connectivity index (χ0) is 9.14. The minimum Gasteiger partial charge on any atom is -0.451 e. The minimum absolute atomic E-state index is 0.0271. The summed E-state index contributed by atoms with van der Waals surface area (Å²) in [6.07, 6.45) is 0.249. The van der Waals surface area contributed by atoms with E-state index in [0.717, 1.165) is 0 Å². The molecule has 5 heteroatoms. The zero-order valence-corrected chi connectivity index (χ0v) is 7.56. The Balaban J connectivity index is 2.61. The van der Waals surface area contributed by atoms with Crippen LogP contribution in [-0.4, -0.2) is 17.5 Å². The maximum atomic E-state index is 10.9. The van der Waals surface area contributed by atoms with E-state index in [-0.39, 0.29) is 30.8 Å². The van der Waals surface area contributed by atoms with Crippen molar-refractivity contribution in [2.24, 2.45) is 5.92 Å². The van der Waals surface area contributed by atoms with Crippen LogP contribution in [0.4, 0.5) is 0 Å². The van der Waals surface area contributed by atoms with Crippen molar-refractivity contribution in [1.82, 2.24) is 0 Å². The standard InChI is InChI=1S/C7H9O4P/c8-5-1-4(7(10)11-12)2-6(9)3-5/h4H,1-3,12H2. The van der Waals surface area contributed by atoms with Crippen LogP contribution >= 0.6 is 9.47 Å². The molecule has 66 valence electrons. The van der Waals surface area contributed by atoms with Crippen molar-refractivity contribution in [3.63, 3.8) is 0 Å². The van der Waals surface area contributed by atoms with E-state index in [9.17, 15) is 14.4 Å². The summed E-state index contributed by atoms with van der Waals surface area (Å²) in [6, 6.07) is 0. The van der Waals surface area contributed by atoms with Gasteiger partial charge in [0.15, 0.2) is 0 Å². The molecule has 4 nitrogen and oxygen atoms in total. The van der Waals surface area contributed by atoms with E-state index in [0.29, 0.717) is 0 Å². The molecule has 1 fully saturated rings. The molecule has 12 heavy (non-hydrogen) atoms. The summed E-state index contributed by atoms with van der Waals surface area (Å²) < 4.78 is 4.36. The van der Waals surface area contributed by atoms with Gasteiger partial charge in [-0.25, -0.2) is 0 Å². The highest BCUT2D eigenvalue weighted by atomic mass is 31.0. The highest BCUT2D eigenvalue weighted by molar-refractivity contribution is 7.10. The van der Waals surface area contributed by atoms with Crippen LogP contribution in [0.2, 0.25) is 0 Å². The predicted octanol–water partition coefficient (Wildman–Crippen LogP) is 0.258. The van der Waals surface area contributed by atoms with E-state index in [4.69, 9.17) is 0 Å². The smallest absolute Gasteiger partial charge is 0.311 e. The summed E-state index contributed by atoms with van der Waals surface area (Å²) in [4.78, 5) is 32.6. The van der Waals surface area contributed by atoms with Gasteiger partial charge in [0.25, 0.3) is 0 Å². The van der Waals surface area contributed by atoms with E-state index < -0.39 is 11.9 Å². The van der Waals surface area contributed by atoms with Crippen LogP contribution in [0.3, 0.4) is 0 Å². The maximum absolute atomic E-state index is 10.9. The molecular weight excluding hydrogens is 179 g/mol. The lowest BCUT2D eigenvalue weighted by atomic mass is 9.88. The topological polar surface area (TPSA) is 60.4 Å². The van der Waals surface area contributed by atoms with Crippen molar-refractivity contribution in [2.75, 3.05) is 0 Å². The summed E-state index contributed by atoms with van der Waals surface area (Å²) in [6.45, 7) is 0. The minimum atomic E-state index is -0.559. The molecule has 1 unspecified atom stereocenters. The van der Waals surface area contributed by atoms with Crippen molar-refractivity contribution in [3.05, 3.63) is 0 Å². The van der Waals surface area contributed by atoms with Crippen LogP contribution in [0.5, 0.6) is 0 Å². The van der Waals surface area contributed by atoms with Crippen molar-refractivity contribution in [3.8, 4) is 0 Å². The summed E-state index contributed by atoms with van der Waals surface area (Å²) in [5.74, 6) is -1.41. The predicted molar refractivity (Wildman–Crippen MR) is 43.2 cm³/mol. The van der Waals surface area contributed by atoms with Gasteiger partial charge in [0.2, 0.25) is 0 Å². The first kappa shape index (κ1) is 9.33. The lowest BCUT2D eigenvalue weighted by Gasteiger charge is -2.16. The van der Waals surface area contributed by atoms with Crippen LogP contribution in [0.1, 0.15) is 19.3 Å². The average molecular weight is 188 g/mol. The van der Waals surface area contributed by atoms with E-state index in [2.05, 4.69) is 4.52 Å². The van der Waals surface area contributed by atoms with E-state index >= 15 is 0 Å². The summed E-state index contributed by atoms with van der Waals surface area (Å²) >= 11 is 0. The van der Waals surface area contributed by atoms with E-state index in [1.54, 1.807) is 0 Å². The highest BCUT2D eigenvalue weighted by Crippen LogP contribution is 2.20. The Morgan fingerprint density at radius 2 is 1.83 bits per heavy atom. The van der Waals surface area contributed by atoms with Gasteiger partial charge >= 0.3 is 5.97 Å². The number of Topliss-reactive ketones (excluding diaryl/α,β-unsaturated/α-hetero) is 2.